The Morgan fingerprint density at radius 3 is 1.36 bits per heavy atom. The van der Waals surface area contributed by atoms with E-state index in [2.05, 4.69) is 10.6 Å². The molecular weight excluding hydrogens is 360 g/mol. The topological polar surface area (TPSA) is 151 Å². The number of benzene rings is 2. The van der Waals surface area contributed by atoms with Gasteiger partial charge in [0.2, 0.25) is 11.8 Å². The van der Waals surface area contributed by atoms with E-state index >= 15 is 0 Å². The van der Waals surface area contributed by atoms with Crippen LogP contribution in [0.1, 0.15) is 11.1 Å². The summed E-state index contributed by atoms with van der Waals surface area (Å²) in [6.07, 6.45) is 0.686. The predicted octanol–water partition coefficient (Wildman–Crippen LogP) is -0.230. The molecule has 0 fully saturated rings. The smallest absolute Gasteiger partial charge is 0.237 e. The molecule has 0 unspecified atom stereocenters. The number of phenols is 2. The molecule has 2 aromatic rings. The molecule has 2 amide bonds. The second-order valence-corrected chi connectivity index (χ2v) is 6.54. The van der Waals surface area contributed by atoms with E-state index in [0.717, 1.165) is 11.1 Å². The number of aromatic hydroxyl groups is 2. The summed E-state index contributed by atoms with van der Waals surface area (Å²) in [5, 5.41) is 23.8. The van der Waals surface area contributed by atoms with Crippen LogP contribution in [0.2, 0.25) is 0 Å². The fraction of sp³-hybridized carbons (Fsp3) is 0.300. The maximum Gasteiger partial charge on any atom is 0.237 e. The fourth-order valence-corrected chi connectivity index (χ4v) is 2.59. The fourth-order valence-electron chi connectivity index (χ4n) is 2.59. The molecule has 0 aliphatic carbocycles. The summed E-state index contributed by atoms with van der Waals surface area (Å²) in [4.78, 5) is 24.0. The van der Waals surface area contributed by atoms with Gasteiger partial charge >= 0.3 is 0 Å². The average molecular weight is 386 g/mol. The monoisotopic (exact) mass is 386 g/mol. The zero-order valence-electron chi connectivity index (χ0n) is 15.5. The van der Waals surface area contributed by atoms with Gasteiger partial charge in [0.05, 0.1) is 12.1 Å². The summed E-state index contributed by atoms with van der Waals surface area (Å²) in [6, 6.07) is 11.5. The van der Waals surface area contributed by atoms with Gasteiger partial charge in [-0.05, 0) is 48.2 Å². The van der Waals surface area contributed by atoms with Crippen LogP contribution in [0.25, 0.3) is 0 Å². The van der Waals surface area contributed by atoms with Crippen molar-refractivity contribution < 1.29 is 19.8 Å². The number of nitrogens with one attached hydrogen (secondary N) is 2. The molecule has 0 saturated heterocycles. The third kappa shape index (κ3) is 6.90. The molecule has 0 spiro atoms. The highest BCUT2D eigenvalue weighted by Gasteiger charge is 2.15. The Bertz CT molecular complexity index is 710. The second kappa shape index (κ2) is 10.3. The van der Waals surface area contributed by atoms with Crippen molar-refractivity contribution in [1.29, 1.82) is 0 Å². The first-order valence-corrected chi connectivity index (χ1v) is 8.97. The maximum absolute atomic E-state index is 12.0. The number of phenolic OH excluding ortho intramolecular Hbond substituents is 2. The van der Waals surface area contributed by atoms with Gasteiger partial charge in [-0.2, -0.15) is 0 Å². The van der Waals surface area contributed by atoms with E-state index in [1.165, 1.54) is 24.3 Å². The number of hydrogen-bond donors (Lipinski definition) is 6. The molecule has 0 heterocycles. The molecule has 2 aromatic carbocycles. The number of amides is 2. The van der Waals surface area contributed by atoms with Gasteiger partial charge in [-0.3, -0.25) is 9.59 Å². The number of hydrogen-bond acceptors (Lipinski definition) is 6. The van der Waals surface area contributed by atoms with Crippen LogP contribution in [0.5, 0.6) is 11.5 Å². The third-order valence-corrected chi connectivity index (χ3v) is 4.18. The minimum atomic E-state index is -0.725. The lowest BCUT2D eigenvalue weighted by atomic mass is 10.1. The molecule has 2 rings (SSSR count). The Kier molecular flexibility index (Phi) is 7.79. The van der Waals surface area contributed by atoms with Crippen LogP contribution in [0, 0.1) is 0 Å². The van der Waals surface area contributed by atoms with Crippen LogP contribution < -0.4 is 22.1 Å². The first-order chi connectivity index (χ1) is 13.3. The van der Waals surface area contributed by atoms with E-state index in [1.54, 1.807) is 24.3 Å². The largest absolute Gasteiger partial charge is 0.508 e. The van der Waals surface area contributed by atoms with Crippen molar-refractivity contribution in [2.75, 3.05) is 13.1 Å². The first-order valence-electron chi connectivity index (χ1n) is 8.97. The van der Waals surface area contributed by atoms with Crippen molar-refractivity contribution >= 4 is 11.8 Å². The predicted molar refractivity (Wildman–Crippen MR) is 106 cm³/mol. The summed E-state index contributed by atoms with van der Waals surface area (Å²) in [5.74, 6) is -0.339. The van der Waals surface area contributed by atoms with Crippen molar-refractivity contribution in [3.05, 3.63) is 59.7 Å². The lowest BCUT2D eigenvalue weighted by molar-refractivity contribution is -0.124. The second-order valence-electron chi connectivity index (χ2n) is 6.54. The van der Waals surface area contributed by atoms with Crippen molar-refractivity contribution in [3.63, 3.8) is 0 Å². The van der Waals surface area contributed by atoms with Crippen LogP contribution in [-0.4, -0.2) is 47.2 Å². The van der Waals surface area contributed by atoms with E-state index in [-0.39, 0.29) is 36.4 Å². The summed E-state index contributed by atoms with van der Waals surface area (Å²) in [7, 11) is 0. The quantitative estimate of drug-likeness (QED) is 0.328. The molecule has 0 saturated carbocycles. The minimum Gasteiger partial charge on any atom is -0.508 e. The molecule has 150 valence electrons. The Hall–Kier alpha value is -3.10. The molecule has 2 atom stereocenters. The Morgan fingerprint density at radius 2 is 1.04 bits per heavy atom. The Labute approximate surface area is 163 Å². The Morgan fingerprint density at radius 1 is 0.714 bits per heavy atom. The summed E-state index contributed by atoms with van der Waals surface area (Å²) >= 11 is 0. The van der Waals surface area contributed by atoms with E-state index in [1.807, 2.05) is 0 Å². The van der Waals surface area contributed by atoms with Crippen LogP contribution >= 0.6 is 0 Å². The molecule has 0 radical (unpaired) electrons. The maximum atomic E-state index is 12.0. The third-order valence-electron chi connectivity index (χ3n) is 4.18. The zero-order valence-corrected chi connectivity index (χ0v) is 15.5. The SMILES string of the molecule is N[C@@H](Cc1ccc(O)cc1)C(=O)NCCNC(=O)[C@@H](N)Cc1ccc(O)cc1. The van der Waals surface area contributed by atoms with E-state index in [4.69, 9.17) is 11.5 Å². The lowest BCUT2D eigenvalue weighted by Gasteiger charge is -2.14. The van der Waals surface area contributed by atoms with Crippen LogP contribution in [0.4, 0.5) is 0 Å². The number of nitrogens with two attached hydrogens (primary N) is 2. The number of carbonyl (C=O) groups is 2. The highest BCUT2D eigenvalue weighted by atomic mass is 16.3. The highest BCUT2D eigenvalue weighted by Crippen LogP contribution is 2.11. The van der Waals surface area contributed by atoms with Gasteiger partial charge in [-0.1, -0.05) is 24.3 Å². The van der Waals surface area contributed by atoms with E-state index in [0.29, 0.717) is 12.8 Å². The molecule has 8 N–H and O–H groups in total. The number of rotatable bonds is 9. The van der Waals surface area contributed by atoms with Crippen LogP contribution in [0.15, 0.2) is 48.5 Å². The highest BCUT2D eigenvalue weighted by molar-refractivity contribution is 5.83. The van der Waals surface area contributed by atoms with Gasteiger partial charge in [0.25, 0.3) is 0 Å². The van der Waals surface area contributed by atoms with E-state index in [9.17, 15) is 19.8 Å². The van der Waals surface area contributed by atoms with Crippen LogP contribution in [-0.2, 0) is 22.4 Å². The van der Waals surface area contributed by atoms with Crippen LogP contribution in [0.3, 0.4) is 0 Å². The van der Waals surface area contributed by atoms with Gasteiger partial charge in [0.1, 0.15) is 11.5 Å². The normalized spacial score (nSPS) is 12.8. The van der Waals surface area contributed by atoms with Gasteiger partial charge in [-0.15, -0.1) is 0 Å². The summed E-state index contributed by atoms with van der Waals surface area (Å²) in [5.41, 5.74) is 13.4. The van der Waals surface area contributed by atoms with Gasteiger partial charge in [0, 0.05) is 13.1 Å². The van der Waals surface area contributed by atoms with E-state index < -0.39 is 12.1 Å². The average Bonchev–Trinajstić information content (AvgIpc) is 2.68. The first kappa shape index (κ1) is 21.2. The van der Waals surface area contributed by atoms with Gasteiger partial charge in [-0.25, -0.2) is 0 Å². The molecule has 0 aliphatic rings. The van der Waals surface area contributed by atoms with Gasteiger partial charge < -0.3 is 32.3 Å². The summed E-state index contributed by atoms with van der Waals surface area (Å²) < 4.78 is 0. The molecule has 8 nitrogen and oxygen atoms in total. The van der Waals surface area contributed by atoms with Crippen molar-refractivity contribution in [2.45, 2.75) is 24.9 Å². The summed E-state index contributed by atoms with van der Waals surface area (Å²) in [6.45, 7) is 0.472. The van der Waals surface area contributed by atoms with Crippen molar-refractivity contribution in [1.82, 2.24) is 10.6 Å². The molecule has 0 aromatic heterocycles. The molecule has 0 aliphatic heterocycles. The molecule has 28 heavy (non-hydrogen) atoms. The van der Waals surface area contributed by atoms with Crippen molar-refractivity contribution in [2.24, 2.45) is 11.5 Å². The zero-order chi connectivity index (χ0) is 20.5. The lowest BCUT2D eigenvalue weighted by Crippen LogP contribution is -2.47. The van der Waals surface area contributed by atoms with Gasteiger partial charge in [0.15, 0.2) is 0 Å². The minimum absolute atomic E-state index is 0.154. The van der Waals surface area contributed by atoms with Crippen molar-refractivity contribution in [3.8, 4) is 11.5 Å². The molecular formula is C20H26N4O4. The standard InChI is InChI=1S/C20H26N4O4/c21-17(11-13-1-5-15(25)6-2-13)19(27)23-9-10-24-20(28)18(22)12-14-3-7-16(26)8-4-14/h1-8,17-18,25-26H,9-12,21-22H2,(H,23,27)(H,24,28)/t17-,18-/m0/s1. The number of carbonyl (C=O) groups excluding carboxylic acids is 2. The molecule has 0 bridgehead atoms. The molecule has 8 heteroatoms. The Balaban J connectivity index is 1.66.